The van der Waals surface area contributed by atoms with Crippen molar-refractivity contribution in [3.05, 3.63) is 45.8 Å². The maximum Gasteiger partial charge on any atom is 0.271 e. The minimum atomic E-state index is -3.71. The van der Waals surface area contributed by atoms with E-state index in [1.807, 2.05) is 0 Å². The standard InChI is InChI=1S/C14H12ClNO3S2/c1-10-9-13(20-14(10)15)21(18,19)16-12-7-3-2-5-11(12)6-4-8-17/h2-3,5,7,9,16-17H,8H2,1H3. The van der Waals surface area contributed by atoms with Gasteiger partial charge in [0.1, 0.15) is 10.8 Å². The van der Waals surface area contributed by atoms with Crippen LogP contribution in [0.25, 0.3) is 0 Å². The van der Waals surface area contributed by atoms with Gasteiger partial charge >= 0.3 is 0 Å². The summed E-state index contributed by atoms with van der Waals surface area (Å²) in [5, 5.41) is 8.74. The van der Waals surface area contributed by atoms with Crippen molar-refractivity contribution in [3.63, 3.8) is 0 Å². The Kier molecular flexibility index (Phi) is 4.91. The highest BCUT2D eigenvalue weighted by Gasteiger charge is 2.19. The van der Waals surface area contributed by atoms with Gasteiger partial charge in [0.15, 0.2) is 0 Å². The van der Waals surface area contributed by atoms with Crippen molar-refractivity contribution in [2.75, 3.05) is 11.3 Å². The van der Waals surface area contributed by atoms with E-state index in [0.717, 1.165) is 16.9 Å². The van der Waals surface area contributed by atoms with E-state index in [4.69, 9.17) is 16.7 Å². The quantitative estimate of drug-likeness (QED) is 0.844. The zero-order chi connectivity index (χ0) is 15.5. The van der Waals surface area contributed by atoms with Crippen LogP contribution in [0.5, 0.6) is 0 Å². The molecule has 2 aromatic rings. The summed E-state index contributed by atoms with van der Waals surface area (Å²) in [7, 11) is -3.71. The highest BCUT2D eigenvalue weighted by Crippen LogP contribution is 2.31. The molecule has 1 heterocycles. The zero-order valence-electron chi connectivity index (χ0n) is 11.1. The SMILES string of the molecule is Cc1cc(S(=O)(=O)Nc2ccccc2C#CCO)sc1Cl. The number of aryl methyl sites for hydroxylation is 1. The second-order valence-electron chi connectivity index (χ2n) is 4.13. The van der Waals surface area contributed by atoms with Crippen LogP contribution < -0.4 is 4.72 Å². The largest absolute Gasteiger partial charge is 0.384 e. The van der Waals surface area contributed by atoms with Gasteiger partial charge in [-0.05, 0) is 30.7 Å². The van der Waals surface area contributed by atoms with Crippen molar-refractivity contribution in [2.24, 2.45) is 0 Å². The number of aliphatic hydroxyl groups is 1. The summed E-state index contributed by atoms with van der Waals surface area (Å²) in [4.78, 5) is 0. The molecule has 110 valence electrons. The summed E-state index contributed by atoms with van der Waals surface area (Å²) in [6.07, 6.45) is 0. The molecule has 21 heavy (non-hydrogen) atoms. The van der Waals surface area contributed by atoms with Gasteiger partial charge in [-0.25, -0.2) is 8.42 Å². The molecule has 0 aliphatic heterocycles. The number of thiophene rings is 1. The van der Waals surface area contributed by atoms with Gasteiger partial charge in [0, 0.05) is 5.56 Å². The monoisotopic (exact) mass is 341 g/mol. The van der Waals surface area contributed by atoms with Gasteiger partial charge in [0.2, 0.25) is 0 Å². The van der Waals surface area contributed by atoms with Gasteiger partial charge in [-0.15, -0.1) is 11.3 Å². The van der Waals surface area contributed by atoms with E-state index in [2.05, 4.69) is 16.6 Å². The highest BCUT2D eigenvalue weighted by atomic mass is 35.5. The van der Waals surface area contributed by atoms with Crippen molar-refractivity contribution >= 4 is 38.6 Å². The Morgan fingerprint density at radius 1 is 1.38 bits per heavy atom. The van der Waals surface area contributed by atoms with E-state index in [-0.39, 0.29) is 10.8 Å². The van der Waals surface area contributed by atoms with Gasteiger partial charge in [0.25, 0.3) is 10.0 Å². The fraction of sp³-hybridized carbons (Fsp3) is 0.143. The highest BCUT2D eigenvalue weighted by molar-refractivity contribution is 7.94. The summed E-state index contributed by atoms with van der Waals surface area (Å²) in [5.74, 6) is 5.20. The zero-order valence-corrected chi connectivity index (χ0v) is 13.4. The van der Waals surface area contributed by atoms with Crippen LogP contribution in [-0.2, 0) is 10.0 Å². The summed E-state index contributed by atoms with van der Waals surface area (Å²) < 4.78 is 27.8. The Hall–Kier alpha value is -1.52. The molecule has 7 heteroatoms. The van der Waals surface area contributed by atoms with Crippen molar-refractivity contribution in [1.29, 1.82) is 0 Å². The van der Waals surface area contributed by atoms with E-state index < -0.39 is 10.0 Å². The minimum Gasteiger partial charge on any atom is -0.384 e. The van der Waals surface area contributed by atoms with Crippen LogP contribution in [0.4, 0.5) is 5.69 Å². The molecule has 0 spiro atoms. The summed E-state index contributed by atoms with van der Waals surface area (Å²) in [6, 6.07) is 8.26. The summed E-state index contributed by atoms with van der Waals surface area (Å²) in [6.45, 7) is 1.46. The van der Waals surface area contributed by atoms with E-state index in [0.29, 0.717) is 15.6 Å². The number of sulfonamides is 1. The van der Waals surface area contributed by atoms with Gasteiger partial charge in [-0.2, -0.15) is 0 Å². The fourth-order valence-electron chi connectivity index (χ4n) is 1.58. The third-order valence-electron chi connectivity index (χ3n) is 2.57. The molecule has 1 aromatic heterocycles. The van der Waals surface area contributed by atoms with Crippen LogP contribution in [0.15, 0.2) is 34.5 Å². The number of aliphatic hydroxyl groups excluding tert-OH is 1. The third kappa shape index (κ3) is 3.77. The van der Waals surface area contributed by atoms with E-state index in [9.17, 15) is 8.42 Å². The lowest BCUT2D eigenvalue weighted by Crippen LogP contribution is -2.12. The molecular formula is C14H12ClNO3S2. The van der Waals surface area contributed by atoms with Gasteiger partial charge in [0.05, 0.1) is 10.0 Å². The molecular weight excluding hydrogens is 330 g/mol. The topological polar surface area (TPSA) is 66.4 Å². The van der Waals surface area contributed by atoms with E-state index in [1.54, 1.807) is 31.2 Å². The second kappa shape index (κ2) is 6.50. The van der Waals surface area contributed by atoms with Crippen LogP contribution in [0.3, 0.4) is 0 Å². The molecule has 1 aromatic carbocycles. The van der Waals surface area contributed by atoms with Gasteiger partial charge in [-0.3, -0.25) is 4.72 Å². The smallest absolute Gasteiger partial charge is 0.271 e. The number of para-hydroxylation sites is 1. The molecule has 0 fully saturated rings. The molecule has 0 saturated carbocycles. The number of hydrogen-bond donors (Lipinski definition) is 2. The number of rotatable bonds is 3. The minimum absolute atomic E-state index is 0.148. The van der Waals surface area contributed by atoms with Crippen molar-refractivity contribution in [1.82, 2.24) is 0 Å². The van der Waals surface area contributed by atoms with Crippen LogP contribution in [-0.4, -0.2) is 20.1 Å². The fourth-order valence-corrected chi connectivity index (χ4v) is 4.36. The summed E-state index contributed by atoms with van der Waals surface area (Å²) >= 11 is 6.92. The molecule has 0 atom stereocenters. The molecule has 0 aliphatic carbocycles. The average Bonchev–Trinajstić information content (AvgIpc) is 2.78. The number of nitrogens with one attached hydrogen (secondary N) is 1. The average molecular weight is 342 g/mol. The van der Waals surface area contributed by atoms with Crippen molar-refractivity contribution < 1.29 is 13.5 Å². The summed E-state index contributed by atoms with van der Waals surface area (Å²) in [5.41, 5.74) is 1.57. The maximum absolute atomic E-state index is 12.3. The van der Waals surface area contributed by atoms with Gasteiger partial charge < -0.3 is 5.11 Å². The van der Waals surface area contributed by atoms with Crippen LogP contribution in [0.1, 0.15) is 11.1 Å². The Morgan fingerprint density at radius 3 is 2.71 bits per heavy atom. The number of benzene rings is 1. The predicted molar refractivity (Wildman–Crippen MR) is 85.3 cm³/mol. The normalized spacial score (nSPS) is 10.8. The Balaban J connectivity index is 2.37. The molecule has 0 aliphatic rings. The maximum atomic E-state index is 12.3. The first-order valence-corrected chi connectivity index (χ1v) is 8.59. The predicted octanol–water partition coefficient (Wildman–Crippen LogP) is 2.85. The lowest BCUT2D eigenvalue weighted by molar-refractivity contribution is 0.350. The molecule has 2 N–H and O–H groups in total. The van der Waals surface area contributed by atoms with E-state index in [1.165, 1.54) is 6.07 Å². The molecule has 0 amide bonds. The lowest BCUT2D eigenvalue weighted by atomic mass is 10.2. The first-order valence-electron chi connectivity index (χ1n) is 5.91. The van der Waals surface area contributed by atoms with Crippen molar-refractivity contribution in [3.8, 4) is 11.8 Å². The number of hydrogen-bond acceptors (Lipinski definition) is 4. The van der Waals surface area contributed by atoms with E-state index >= 15 is 0 Å². The molecule has 4 nitrogen and oxygen atoms in total. The molecule has 0 unspecified atom stereocenters. The number of anilines is 1. The second-order valence-corrected chi connectivity index (χ2v) is 7.70. The van der Waals surface area contributed by atoms with Crippen LogP contribution >= 0.6 is 22.9 Å². The number of halogens is 1. The molecule has 2 rings (SSSR count). The first kappa shape index (κ1) is 15.9. The first-order chi connectivity index (χ1) is 9.94. The van der Waals surface area contributed by atoms with Crippen LogP contribution in [0.2, 0.25) is 4.34 Å². The Morgan fingerprint density at radius 2 is 2.10 bits per heavy atom. The molecule has 0 radical (unpaired) electrons. The van der Waals surface area contributed by atoms with Gasteiger partial charge in [-0.1, -0.05) is 35.6 Å². The Labute approximate surface area is 132 Å². The molecule has 0 saturated heterocycles. The Bertz CT molecular complexity index is 797. The van der Waals surface area contributed by atoms with Crippen molar-refractivity contribution in [2.45, 2.75) is 11.1 Å². The molecule has 0 bridgehead atoms. The third-order valence-corrected chi connectivity index (χ3v) is 5.97. The van der Waals surface area contributed by atoms with Crippen LogP contribution in [0, 0.1) is 18.8 Å². The lowest BCUT2D eigenvalue weighted by Gasteiger charge is -2.08.